The SMILES string of the molecule is Cc1ccc(-n2c(SCCC(C)C)nc3c(=O)c4c(sc32)COC(C)(C)C4)cc1. The number of benzene rings is 1. The highest BCUT2D eigenvalue weighted by molar-refractivity contribution is 7.99. The first-order valence-electron chi connectivity index (χ1n) is 10.2. The van der Waals surface area contributed by atoms with E-state index < -0.39 is 0 Å². The molecule has 0 aliphatic carbocycles. The fourth-order valence-electron chi connectivity index (χ4n) is 3.51. The van der Waals surface area contributed by atoms with E-state index in [2.05, 4.69) is 49.6 Å². The lowest BCUT2D eigenvalue weighted by atomic mass is 9.95. The highest BCUT2D eigenvalue weighted by Gasteiger charge is 2.31. The van der Waals surface area contributed by atoms with Crippen LogP contribution in [0.2, 0.25) is 0 Å². The number of aromatic nitrogens is 2. The summed E-state index contributed by atoms with van der Waals surface area (Å²) in [5.74, 6) is 1.63. The topological polar surface area (TPSA) is 44.1 Å². The Kier molecular flexibility index (Phi) is 5.62. The van der Waals surface area contributed by atoms with E-state index >= 15 is 0 Å². The van der Waals surface area contributed by atoms with Crippen molar-refractivity contribution >= 4 is 33.4 Å². The quantitative estimate of drug-likeness (QED) is 0.486. The molecule has 6 heteroatoms. The Bertz CT molecular complexity index is 1090. The molecule has 0 saturated heterocycles. The van der Waals surface area contributed by atoms with Crippen molar-refractivity contribution < 1.29 is 4.74 Å². The molecule has 0 N–H and O–H groups in total. The average molecular weight is 429 g/mol. The summed E-state index contributed by atoms with van der Waals surface area (Å²) in [4.78, 5) is 20.2. The summed E-state index contributed by atoms with van der Waals surface area (Å²) in [7, 11) is 0. The van der Waals surface area contributed by atoms with E-state index in [4.69, 9.17) is 9.72 Å². The molecule has 29 heavy (non-hydrogen) atoms. The monoisotopic (exact) mass is 428 g/mol. The van der Waals surface area contributed by atoms with E-state index in [0.29, 0.717) is 24.5 Å². The first-order chi connectivity index (χ1) is 13.7. The summed E-state index contributed by atoms with van der Waals surface area (Å²) in [5.41, 5.74) is 3.51. The number of fused-ring (bicyclic) bond motifs is 2. The molecule has 0 saturated carbocycles. The van der Waals surface area contributed by atoms with Crippen molar-refractivity contribution in [2.24, 2.45) is 5.92 Å². The van der Waals surface area contributed by atoms with Gasteiger partial charge >= 0.3 is 0 Å². The summed E-state index contributed by atoms with van der Waals surface area (Å²) in [6, 6.07) is 8.44. The van der Waals surface area contributed by atoms with Gasteiger partial charge in [-0.3, -0.25) is 9.36 Å². The fraction of sp³-hybridized carbons (Fsp3) is 0.478. The number of imidazole rings is 1. The molecule has 0 fully saturated rings. The maximum atomic E-state index is 13.4. The van der Waals surface area contributed by atoms with Crippen LogP contribution in [0.15, 0.2) is 34.2 Å². The molecular weight excluding hydrogens is 400 g/mol. The molecule has 0 bridgehead atoms. The largest absolute Gasteiger partial charge is 0.370 e. The molecule has 0 radical (unpaired) electrons. The minimum atomic E-state index is -0.305. The molecule has 1 aromatic carbocycles. The molecule has 0 atom stereocenters. The Morgan fingerprint density at radius 3 is 2.69 bits per heavy atom. The smallest absolute Gasteiger partial charge is 0.211 e. The van der Waals surface area contributed by atoms with E-state index in [1.54, 1.807) is 23.1 Å². The summed E-state index contributed by atoms with van der Waals surface area (Å²) < 4.78 is 8.15. The zero-order valence-electron chi connectivity index (χ0n) is 17.7. The van der Waals surface area contributed by atoms with Gasteiger partial charge in [-0.2, -0.15) is 0 Å². The number of thioether (sulfide) groups is 1. The van der Waals surface area contributed by atoms with Crippen LogP contribution in [0.4, 0.5) is 0 Å². The minimum absolute atomic E-state index is 0.0710. The van der Waals surface area contributed by atoms with Crippen molar-refractivity contribution in [3.63, 3.8) is 0 Å². The van der Waals surface area contributed by atoms with Gasteiger partial charge in [0.2, 0.25) is 5.43 Å². The second-order valence-corrected chi connectivity index (χ2v) is 11.0. The van der Waals surface area contributed by atoms with Gasteiger partial charge in [0.25, 0.3) is 0 Å². The van der Waals surface area contributed by atoms with Crippen LogP contribution in [-0.4, -0.2) is 20.9 Å². The predicted octanol–water partition coefficient (Wildman–Crippen LogP) is 5.75. The van der Waals surface area contributed by atoms with E-state index in [1.165, 1.54) is 5.56 Å². The fourth-order valence-corrected chi connectivity index (χ4v) is 5.98. The highest BCUT2D eigenvalue weighted by atomic mass is 32.2. The Labute approximate surface area is 180 Å². The number of hydrogen-bond acceptors (Lipinski definition) is 5. The van der Waals surface area contributed by atoms with Crippen LogP contribution in [-0.2, 0) is 17.8 Å². The number of aryl methyl sites for hydroxylation is 1. The molecule has 1 aliphatic rings. The second-order valence-electron chi connectivity index (χ2n) is 8.81. The minimum Gasteiger partial charge on any atom is -0.370 e. The van der Waals surface area contributed by atoms with Crippen LogP contribution in [0, 0.1) is 12.8 Å². The Morgan fingerprint density at radius 2 is 2.00 bits per heavy atom. The van der Waals surface area contributed by atoms with Crippen molar-refractivity contribution in [1.82, 2.24) is 9.55 Å². The molecular formula is C23H28N2O2S2. The summed E-state index contributed by atoms with van der Waals surface area (Å²) >= 11 is 3.39. The number of hydrogen-bond donors (Lipinski definition) is 0. The van der Waals surface area contributed by atoms with E-state index in [9.17, 15) is 4.79 Å². The van der Waals surface area contributed by atoms with Crippen LogP contribution in [0.3, 0.4) is 0 Å². The van der Waals surface area contributed by atoms with Gasteiger partial charge in [-0.25, -0.2) is 4.98 Å². The first-order valence-corrected chi connectivity index (χ1v) is 12.0. The number of rotatable bonds is 5. The summed E-state index contributed by atoms with van der Waals surface area (Å²) in [6.07, 6.45) is 1.76. The van der Waals surface area contributed by atoms with Gasteiger partial charge < -0.3 is 4.74 Å². The Balaban J connectivity index is 1.88. The van der Waals surface area contributed by atoms with E-state index in [1.807, 2.05) is 13.8 Å². The van der Waals surface area contributed by atoms with Crippen LogP contribution in [0.5, 0.6) is 0 Å². The molecule has 154 valence electrons. The standard InChI is InChI=1S/C23H28N2O2S2/c1-14(2)10-11-28-22-24-19-20(26)17-12-23(4,5)27-13-18(17)29-21(19)25(22)16-8-6-15(3)7-9-16/h6-9,14H,10-13H2,1-5H3. The molecule has 2 aromatic heterocycles. The zero-order valence-corrected chi connectivity index (χ0v) is 19.4. The molecule has 0 unspecified atom stereocenters. The molecule has 3 aromatic rings. The molecule has 1 aliphatic heterocycles. The zero-order chi connectivity index (χ0) is 20.8. The Hall–Kier alpha value is -1.63. The second kappa shape index (κ2) is 7.89. The van der Waals surface area contributed by atoms with Crippen molar-refractivity contribution in [2.45, 2.75) is 64.8 Å². The van der Waals surface area contributed by atoms with Gasteiger partial charge in [0, 0.05) is 28.3 Å². The molecule has 4 nitrogen and oxygen atoms in total. The number of ether oxygens (including phenoxy) is 1. The molecule has 4 rings (SSSR count). The molecule has 3 heterocycles. The maximum Gasteiger partial charge on any atom is 0.211 e. The van der Waals surface area contributed by atoms with Gasteiger partial charge in [0.15, 0.2) is 5.16 Å². The summed E-state index contributed by atoms with van der Waals surface area (Å²) in [5, 5.41) is 0.903. The number of nitrogens with zero attached hydrogens (tertiary/aromatic N) is 2. The third-order valence-corrected chi connectivity index (χ3v) is 7.42. The van der Waals surface area contributed by atoms with E-state index in [-0.39, 0.29) is 11.0 Å². The van der Waals surface area contributed by atoms with Crippen molar-refractivity contribution in [3.8, 4) is 5.69 Å². The summed E-state index contributed by atoms with van der Waals surface area (Å²) in [6.45, 7) is 11.1. The third kappa shape index (κ3) is 4.16. The van der Waals surface area contributed by atoms with Crippen molar-refractivity contribution in [1.29, 1.82) is 0 Å². The van der Waals surface area contributed by atoms with E-state index in [0.717, 1.165) is 38.3 Å². The van der Waals surface area contributed by atoms with Crippen molar-refractivity contribution in [2.75, 3.05) is 5.75 Å². The average Bonchev–Trinajstić information content (AvgIpc) is 3.01. The van der Waals surface area contributed by atoms with Crippen LogP contribution in [0.1, 0.15) is 50.1 Å². The Morgan fingerprint density at radius 1 is 1.28 bits per heavy atom. The predicted molar refractivity (Wildman–Crippen MR) is 123 cm³/mol. The van der Waals surface area contributed by atoms with Crippen LogP contribution >= 0.6 is 23.1 Å². The van der Waals surface area contributed by atoms with Crippen LogP contribution in [0.25, 0.3) is 16.0 Å². The van der Waals surface area contributed by atoms with Gasteiger partial charge in [-0.1, -0.05) is 43.3 Å². The molecule has 0 amide bonds. The lowest BCUT2D eigenvalue weighted by Gasteiger charge is -2.30. The lowest BCUT2D eigenvalue weighted by Crippen LogP contribution is -2.34. The van der Waals surface area contributed by atoms with Crippen LogP contribution < -0.4 is 5.43 Å². The van der Waals surface area contributed by atoms with Gasteiger partial charge in [0.1, 0.15) is 10.3 Å². The first kappa shape index (κ1) is 20.6. The normalized spacial score (nSPS) is 15.8. The highest BCUT2D eigenvalue weighted by Crippen LogP contribution is 2.35. The maximum absolute atomic E-state index is 13.4. The lowest BCUT2D eigenvalue weighted by molar-refractivity contribution is -0.0386. The van der Waals surface area contributed by atoms with Crippen molar-refractivity contribution in [3.05, 3.63) is 50.5 Å². The molecule has 0 spiro atoms. The third-order valence-electron chi connectivity index (χ3n) is 5.27. The van der Waals surface area contributed by atoms with Gasteiger partial charge in [-0.05, 0) is 45.2 Å². The van der Waals surface area contributed by atoms with Gasteiger partial charge in [-0.15, -0.1) is 11.3 Å². The van der Waals surface area contributed by atoms with Gasteiger partial charge in [0.05, 0.1) is 12.2 Å².